The molecule has 1 fully saturated rings. The lowest BCUT2D eigenvalue weighted by atomic mass is 9.90. The molecule has 1 aliphatic rings. The van der Waals surface area contributed by atoms with Crippen LogP contribution in [-0.4, -0.2) is 31.2 Å². The van der Waals surface area contributed by atoms with Crippen LogP contribution in [0.3, 0.4) is 0 Å². The van der Waals surface area contributed by atoms with E-state index in [0.717, 1.165) is 22.3 Å². The minimum atomic E-state index is -0.569. The van der Waals surface area contributed by atoms with Gasteiger partial charge in [-0.15, -0.1) is 0 Å². The number of benzene rings is 4. The van der Waals surface area contributed by atoms with Gasteiger partial charge in [0, 0.05) is 5.92 Å². The molecule has 5 rings (SSSR count). The van der Waals surface area contributed by atoms with Gasteiger partial charge in [-0.2, -0.15) is 0 Å². The topological polar surface area (TPSA) is 46.2 Å². The Labute approximate surface area is 237 Å². The molecule has 0 bridgehead atoms. The summed E-state index contributed by atoms with van der Waals surface area (Å²) in [7, 11) is 0. The summed E-state index contributed by atoms with van der Waals surface area (Å²) in [5.74, 6) is -0.00715. The summed E-state index contributed by atoms with van der Waals surface area (Å²) in [4.78, 5) is 0. The standard InChI is InChI=1S/C35H38O5/c1-27-33(37-23-29-16-8-3-9-17-29)32(26-36-22-28-14-6-2-7-15-28)40-35(39-25-31-20-12-5-13-21-31)34(27)38-24-30-18-10-4-11-19-30/h2-21,27,32-35H,22-26H2,1H3/t27-,32+,33+,34+,35+/m0/s1. The summed E-state index contributed by atoms with van der Waals surface area (Å²) in [5, 5.41) is 0. The van der Waals surface area contributed by atoms with Crippen molar-refractivity contribution in [3.63, 3.8) is 0 Å². The molecule has 0 spiro atoms. The van der Waals surface area contributed by atoms with E-state index >= 15 is 0 Å². The Hall–Kier alpha value is -3.32. The molecule has 0 aliphatic carbocycles. The van der Waals surface area contributed by atoms with Crippen LogP contribution >= 0.6 is 0 Å². The Morgan fingerprint density at radius 2 is 0.900 bits per heavy atom. The predicted octanol–water partition coefficient (Wildman–Crippen LogP) is 6.95. The fourth-order valence-electron chi connectivity index (χ4n) is 5.01. The number of hydrogen-bond acceptors (Lipinski definition) is 5. The van der Waals surface area contributed by atoms with E-state index in [4.69, 9.17) is 23.7 Å². The highest BCUT2D eigenvalue weighted by molar-refractivity contribution is 5.16. The summed E-state index contributed by atoms with van der Waals surface area (Å²) in [5.41, 5.74) is 4.42. The maximum atomic E-state index is 6.62. The molecule has 0 radical (unpaired) electrons. The van der Waals surface area contributed by atoms with Crippen molar-refractivity contribution in [1.82, 2.24) is 0 Å². The molecule has 208 valence electrons. The van der Waals surface area contributed by atoms with Gasteiger partial charge < -0.3 is 23.7 Å². The normalized spacial score (nSPS) is 22.7. The highest BCUT2D eigenvalue weighted by Gasteiger charge is 2.46. The molecule has 5 heteroatoms. The molecule has 0 unspecified atom stereocenters. The van der Waals surface area contributed by atoms with Crippen LogP contribution in [0.2, 0.25) is 0 Å². The highest BCUT2D eigenvalue weighted by Crippen LogP contribution is 2.33. The van der Waals surface area contributed by atoms with Crippen molar-refractivity contribution >= 4 is 0 Å². The van der Waals surface area contributed by atoms with Gasteiger partial charge in [0.05, 0.1) is 39.1 Å². The summed E-state index contributed by atoms with van der Waals surface area (Å²) >= 11 is 0. The predicted molar refractivity (Wildman–Crippen MR) is 155 cm³/mol. The minimum Gasteiger partial charge on any atom is -0.374 e. The fourth-order valence-corrected chi connectivity index (χ4v) is 5.01. The monoisotopic (exact) mass is 538 g/mol. The Bertz CT molecular complexity index is 1230. The maximum Gasteiger partial charge on any atom is 0.185 e. The summed E-state index contributed by atoms with van der Waals surface area (Å²) in [6, 6.07) is 40.7. The van der Waals surface area contributed by atoms with Gasteiger partial charge in [0.15, 0.2) is 6.29 Å². The van der Waals surface area contributed by atoms with Crippen LogP contribution in [0.15, 0.2) is 121 Å². The van der Waals surface area contributed by atoms with Crippen molar-refractivity contribution in [2.75, 3.05) is 6.61 Å². The first-order valence-corrected chi connectivity index (χ1v) is 14.0. The lowest BCUT2D eigenvalue weighted by molar-refractivity contribution is -0.311. The van der Waals surface area contributed by atoms with E-state index in [9.17, 15) is 0 Å². The van der Waals surface area contributed by atoms with Gasteiger partial charge >= 0.3 is 0 Å². The zero-order chi connectivity index (χ0) is 27.4. The van der Waals surface area contributed by atoms with E-state index in [1.165, 1.54) is 0 Å². The molecule has 1 saturated heterocycles. The molecule has 1 heterocycles. The van der Waals surface area contributed by atoms with Gasteiger partial charge in [-0.3, -0.25) is 0 Å². The second-order valence-corrected chi connectivity index (χ2v) is 10.2. The van der Waals surface area contributed by atoms with E-state index in [0.29, 0.717) is 33.0 Å². The number of ether oxygens (including phenoxy) is 5. The van der Waals surface area contributed by atoms with Crippen LogP contribution in [-0.2, 0) is 50.1 Å². The Morgan fingerprint density at radius 3 is 1.38 bits per heavy atom. The molecule has 0 N–H and O–H groups in total. The molecular weight excluding hydrogens is 500 g/mol. The summed E-state index contributed by atoms with van der Waals surface area (Å²) in [6.07, 6.45) is -1.45. The van der Waals surface area contributed by atoms with Crippen molar-refractivity contribution in [3.05, 3.63) is 144 Å². The SMILES string of the molecule is C[C@H]1[C@@H](OCc2ccccc2)[C@@H](COCc2ccccc2)O[C@@H](OCc2ccccc2)[C@@H]1OCc1ccccc1. The summed E-state index contributed by atoms with van der Waals surface area (Å²) < 4.78 is 32.2. The number of rotatable bonds is 13. The Balaban J connectivity index is 1.33. The van der Waals surface area contributed by atoms with Gasteiger partial charge in [0.25, 0.3) is 0 Å². The molecule has 40 heavy (non-hydrogen) atoms. The minimum absolute atomic E-state index is 0.00715. The van der Waals surface area contributed by atoms with Crippen molar-refractivity contribution in [3.8, 4) is 0 Å². The molecule has 4 aromatic rings. The van der Waals surface area contributed by atoms with Crippen LogP contribution in [0.4, 0.5) is 0 Å². The highest BCUT2D eigenvalue weighted by atomic mass is 16.7. The third-order valence-corrected chi connectivity index (χ3v) is 7.20. The van der Waals surface area contributed by atoms with Gasteiger partial charge in [0.1, 0.15) is 12.2 Å². The van der Waals surface area contributed by atoms with Crippen LogP contribution < -0.4 is 0 Å². The van der Waals surface area contributed by atoms with Gasteiger partial charge in [-0.25, -0.2) is 0 Å². The third kappa shape index (κ3) is 8.10. The largest absolute Gasteiger partial charge is 0.374 e. The van der Waals surface area contributed by atoms with Crippen molar-refractivity contribution in [1.29, 1.82) is 0 Å². The van der Waals surface area contributed by atoms with Gasteiger partial charge in [0.2, 0.25) is 0 Å². The van der Waals surface area contributed by atoms with Crippen LogP contribution in [0.25, 0.3) is 0 Å². The van der Waals surface area contributed by atoms with E-state index in [2.05, 4.69) is 55.5 Å². The van der Waals surface area contributed by atoms with Crippen molar-refractivity contribution in [2.24, 2.45) is 5.92 Å². The molecule has 5 atom stereocenters. The molecule has 0 saturated carbocycles. The van der Waals surface area contributed by atoms with Crippen molar-refractivity contribution in [2.45, 2.75) is 58.0 Å². The van der Waals surface area contributed by atoms with E-state index in [1.807, 2.05) is 72.8 Å². The zero-order valence-corrected chi connectivity index (χ0v) is 23.0. The van der Waals surface area contributed by atoms with E-state index in [-0.39, 0.29) is 24.2 Å². The molecule has 4 aromatic carbocycles. The molecule has 0 aromatic heterocycles. The maximum absolute atomic E-state index is 6.62. The first-order chi connectivity index (χ1) is 19.8. The van der Waals surface area contributed by atoms with Crippen LogP contribution in [0.5, 0.6) is 0 Å². The second kappa shape index (κ2) is 14.9. The smallest absolute Gasteiger partial charge is 0.185 e. The molecule has 0 amide bonds. The van der Waals surface area contributed by atoms with Gasteiger partial charge in [-0.1, -0.05) is 128 Å². The molecule has 5 nitrogen and oxygen atoms in total. The van der Waals surface area contributed by atoms with E-state index < -0.39 is 6.29 Å². The van der Waals surface area contributed by atoms with Crippen LogP contribution in [0, 0.1) is 5.92 Å². The number of hydrogen-bond donors (Lipinski definition) is 0. The average molecular weight is 539 g/mol. The molecule has 1 aliphatic heterocycles. The van der Waals surface area contributed by atoms with E-state index in [1.54, 1.807) is 0 Å². The first kappa shape index (κ1) is 28.2. The third-order valence-electron chi connectivity index (χ3n) is 7.20. The zero-order valence-electron chi connectivity index (χ0n) is 23.0. The lowest BCUT2D eigenvalue weighted by Gasteiger charge is -2.45. The summed E-state index contributed by atoms with van der Waals surface area (Å²) in [6.45, 7) is 4.42. The first-order valence-electron chi connectivity index (χ1n) is 14.0. The quantitative estimate of drug-likeness (QED) is 0.184. The van der Waals surface area contributed by atoms with Crippen LogP contribution in [0.1, 0.15) is 29.2 Å². The Kier molecular flexibility index (Phi) is 10.5. The van der Waals surface area contributed by atoms with Gasteiger partial charge in [-0.05, 0) is 22.3 Å². The van der Waals surface area contributed by atoms with Crippen molar-refractivity contribution < 1.29 is 23.7 Å². The fraction of sp³-hybridized carbons (Fsp3) is 0.314. The Morgan fingerprint density at radius 1 is 0.500 bits per heavy atom. The molecular formula is C35H38O5. The lowest BCUT2D eigenvalue weighted by Crippen LogP contribution is -2.57. The average Bonchev–Trinajstić information content (AvgIpc) is 3.01. The second-order valence-electron chi connectivity index (χ2n) is 10.2.